The van der Waals surface area contributed by atoms with Crippen molar-refractivity contribution in [1.82, 2.24) is 10.2 Å². The van der Waals surface area contributed by atoms with Crippen LogP contribution in [0.3, 0.4) is 0 Å². The van der Waals surface area contributed by atoms with Crippen molar-refractivity contribution in [2.75, 3.05) is 19.6 Å². The number of hydrogen-bond donors (Lipinski definition) is 1. The van der Waals surface area contributed by atoms with E-state index in [2.05, 4.69) is 67.7 Å². The van der Waals surface area contributed by atoms with E-state index in [-0.39, 0.29) is 29.6 Å². The van der Waals surface area contributed by atoms with Crippen LogP contribution in [0.25, 0.3) is 0 Å². The van der Waals surface area contributed by atoms with E-state index in [9.17, 15) is 9.59 Å². The van der Waals surface area contributed by atoms with Crippen LogP contribution in [0.4, 0.5) is 0 Å². The molecule has 0 aromatic heterocycles. The van der Waals surface area contributed by atoms with Gasteiger partial charge < -0.3 is 5.32 Å². The molecule has 3 aliphatic carbocycles. The lowest BCUT2D eigenvalue weighted by atomic mass is 9.47. The van der Waals surface area contributed by atoms with E-state index in [0.717, 1.165) is 25.8 Å². The van der Waals surface area contributed by atoms with E-state index in [0.29, 0.717) is 13.1 Å². The number of benzene rings is 2. The molecule has 0 saturated carbocycles. The molecule has 2 aromatic carbocycles. The molecule has 37 heavy (non-hydrogen) atoms. The van der Waals surface area contributed by atoms with Gasteiger partial charge in [-0.3, -0.25) is 14.5 Å². The third-order valence-electron chi connectivity index (χ3n) is 9.23. The Hall–Kier alpha value is -2.46. The quantitative estimate of drug-likeness (QED) is 0.236. The summed E-state index contributed by atoms with van der Waals surface area (Å²) in [6.07, 6.45) is 11.8. The van der Waals surface area contributed by atoms with Gasteiger partial charge in [0.2, 0.25) is 11.8 Å². The minimum atomic E-state index is -0.500. The summed E-state index contributed by atoms with van der Waals surface area (Å²) >= 11 is 0. The van der Waals surface area contributed by atoms with Gasteiger partial charge >= 0.3 is 0 Å². The Morgan fingerprint density at radius 3 is 1.92 bits per heavy atom. The Bertz CT molecular complexity index is 1060. The predicted octanol–water partition coefficient (Wildman–Crippen LogP) is 6.56. The van der Waals surface area contributed by atoms with Crippen molar-refractivity contribution in [3.8, 4) is 0 Å². The molecule has 0 spiro atoms. The lowest BCUT2D eigenvalue weighted by Crippen LogP contribution is -2.58. The van der Waals surface area contributed by atoms with Crippen LogP contribution in [-0.2, 0) is 15.0 Å². The first kappa shape index (κ1) is 26.2. The molecule has 6 rings (SSSR count). The molecule has 4 heteroatoms. The highest BCUT2D eigenvalue weighted by molar-refractivity contribution is 6.08. The third-order valence-corrected chi connectivity index (χ3v) is 9.23. The molecule has 1 aliphatic heterocycles. The summed E-state index contributed by atoms with van der Waals surface area (Å²) in [5.41, 5.74) is 4.50. The van der Waals surface area contributed by atoms with E-state index in [1.54, 1.807) is 4.90 Å². The van der Waals surface area contributed by atoms with Gasteiger partial charge in [0.15, 0.2) is 0 Å². The number of rotatable bonds is 14. The van der Waals surface area contributed by atoms with Gasteiger partial charge in [0.25, 0.3) is 0 Å². The minimum absolute atomic E-state index is 0.0325. The van der Waals surface area contributed by atoms with Crippen LogP contribution in [0.5, 0.6) is 0 Å². The van der Waals surface area contributed by atoms with Gasteiger partial charge in [0.1, 0.15) is 0 Å². The number of nitrogens with zero attached hydrogens (tertiary/aromatic N) is 1. The number of nitrogens with one attached hydrogen (secondary N) is 1. The first-order chi connectivity index (χ1) is 18.2. The van der Waals surface area contributed by atoms with Crippen molar-refractivity contribution < 1.29 is 9.59 Å². The van der Waals surface area contributed by atoms with Gasteiger partial charge in [0.05, 0.1) is 11.8 Å². The number of carbonyl (C=O) groups is 2. The van der Waals surface area contributed by atoms with Crippen molar-refractivity contribution in [3.63, 3.8) is 0 Å². The molecule has 198 valence electrons. The summed E-state index contributed by atoms with van der Waals surface area (Å²) in [5, 5.41) is 3.78. The van der Waals surface area contributed by atoms with Crippen molar-refractivity contribution in [2.45, 2.75) is 89.4 Å². The van der Waals surface area contributed by atoms with E-state index < -0.39 is 5.41 Å². The Labute approximate surface area is 223 Å². The van der Waals surface area contributed by atoms with E-state index >= 15 is 0 Å². The summed E-state index contributed by atoms with van der Waals surface area (Å²) < 4.78 is 0. The molecule has 1 fully saturated rings. The summed E-state index contributed by atoms with van der Waals surface area (Å²) in [4.78, 5) is 29.8. The average molecular weight is 501 g/mol. The van der Waals surface area contributed by atoms with Crippen LogP contribution < -0.4 is 5.32 Å². The van der Waals surface area contributed by atoms with Crippen molar-refractivity contribution in [3.05, 3.63) is 70.8 Å². The second-order valence-corrected chi connectivity index (χ2v) is 11.5. The average Bonchev–Trinajstić information content (AvgIpc) is 3.18. The molecule has 4 nitrogen and oxygen atoms in total. The molecule has 2 unspecified atom stereocenters. The van der Waals surface area contributed by atoms with E-state index in [4.69, 9.17) is 0 Å². The topological polar surface area (TPSA) is 49.4 Å². The molecule has 1 N–H and O–H groups in total. The third kappa shape index (κ3) is 4.46. The van der Waals surface area contributed by atoms with Crippen molar-refractivity contribution in [2.24, 2.45) is 11.8 Å². The fourth-order valence-electron chi connectivity index (χ4n) is 7.52. The zero-order chi connectivity index (χ0) is 25.8. The largest absolute Gasteiger partial charge is 0.315 e. The Balaban J connectivity index is 1.47. The fourth-order valence-corrected chi connectivity index (χ4v) is 7.52. The maximum Gasteiger partial charge on any atom is 0.234 e. The SMILES string of the molecule is CCCCCCCNCC12c3ccccc3C(c3ccccc31)C1C(=O)N(CCCCCCC)C(=O)C12. The molecule has 2 bridgehead atoms. The molecule has 2 amide bonds. The molecule has 1 saturated heterocycles. The Kier molecular flexibility index (Phi) is 8.14. The van der Waals surface area contributed by atoms with Crippen LogP contribution in [0.15, 0.2) is 48.5 Å². The van der Waals surface area contributed by atoms with Gasteiger partial charge in [-0.15, -0.1) is 0 Å². The maximum absolute atomic E-state index is 14.2. The molecule has 2 aromatic rings. The van der Waals surface area contributed by atoms with Crippen LogP contribution in [-0.4, -0.2) is 36.3 Å². The second-order valence-electron chi connectivity index (χ2n) is 11.5. The van der Waals surface area contributed by atoms with Gasteiger partial charge in [-0.25, -0.2) is 0 Å². The van der Waals surface area contributed by atoms with Crippen molar-refractivity contribution in [1.29, 1.82) is 0 Å². The van der Waals surface area contributed by atoms with Crippen LogP contribution in [0.2, 0.25) is 0 Å². The summed E-state index contributed by atoms with van der Waals surface area (Å²) in [6.45, 7) is 6.67. The molecule has 2 atom stereocenters. The Morgan fingerprint density at radius 1 is 0.730 bits per heavy atom. The predicted molar refractivity (Wildman–Crippen MR) is 150 cm³/mol. The van der Waals surface area contributed by atoms with Crippen molar-refractivity contribution >= 4 is 11.8 Å². The zero-order valence-electron chi connectivity index (χ0n) is 22.8. The first-order valence-corrected chi connectivity index (χ1v) is 14.9. The van der Waals surface area contributed by atoms with Gasteiger partial charge in [-0.2, -0.15) is 0 Å². The maximum atomic E-state index is 14.2. The van der Waals surface area contributed by atoms with E-state index in [1.807, 2.05) is 0 Å². The Morgan fingerprint density at radius 2 is 1.30 bits per heavy atom. The number of likely N-dealkylation sites (tertiary alicyclic amines) is 1. The second kappa shape index (κ2) is 11.5. The number of carbonyl (C=O) groups excluding carboxylic acids is 2. The molecule has 4 aliphatic rings. The highest BCUT2D eigenvalue weighted by atomic mass is 16.2. The first-order valence-electron chi connectivity index (χ1n) is 14.9. The summed E-state index contributed by atoms with van der Waals surface area (Å²) in [7, 11) is 0. The van der Waals surface area contributed by atoms with Crippen LogP contribution >= 0.6 is 0 Å². The minimum Gasteiger partial charge on any atom is -0.315 e. The van der Waals surface area contributed by atoms with Gasteiger partial charge in [-0.05, 0) is 41.6 Å². The summed E-state index contributed by atoms with van der Waals surface area (Å²) in [6, 6.07) is 17.3. The van der Waals surface area contributed by atoms with E-state index in [1.165, 1.54) is 67.2 Å². The molecular formula is C33H44N2O2. The highest BCUT2D eigenvalue weighted by Gasteiger charge is 2.67. The number of hydrogen-bond acceptors (Lipinski definition) is 3. The fraction of sp³-hybridized carbons (Fsp3) is 0.576. The van der Waals surface area contributed by atoms with Gasteiger partial charge in [-0.1, -0.05) is 114 Å². The highest BCUT2D eigenvalue weighted by Crippen LogP contribution is 2.63. The van der Waals surface area contributed by atoms with Crippen LogP contribution in [0, 0.1) is 11.8 Å². The van der Waals surface area contributed by atoms with Crippen LogP contribution in [0.1, 0.15) is 106 Å². The number of imide groups is 1. The number of unbranched alkanes of at least 4 members (excludes halogenated alkanes) is 8. The lowest BCUT2D eigenvalue weighted by molar-refractivity contribution is -0.140. The molecular weight excluding hydrogens is 456 g/mol. The smallest absolute Gasteiger partial charge is 0.234 e. The normalized spacial score (nSPS) is 25.4. The molecule has 1 heterocycles. The summed E-state index contributed by atoms with van der Waals surface area (Å²) in [5.74, 6) is -0.528. The zero-order valence-corrected chi connectivity index (χ0v) is 22.8. The molecule has 0 radical (unpaired) electrons. The standard InChI is InChI=1S/C33H44N2O2/c1-3-5-7-9-15-21-34-23-33-26-19-13-11-17-24(26)28(25-18-12-14-20-27(25)33)29-30(33)32(37)35(31(29)36)22-16-10-8-6-4-2/h11-14,17-20,28-30,34H,3-10,15-16,21-23H2,1-2H3. The lowest BCUT2D eigenvalue weighted by Gasteiger charge is -2.54. The number of amides is 2. The van der Waals surface area contributed by atoms with Gasteiger partial charge in [0, 0.05) is 24.4 Å². The monoisotopic (exact) mass is 500 g/mol.